The Balaban J connectivity index is 2.17. The van der Waals surface area contributed by atoms with Crippen LogP contribution in [0.3, 0.4) is 0 Å². The van der Waals surface area contributed by atoms with E-state index in [2.05, 4.69) is 34.9 Å². The minimum absolute atomic E-state index is 0.0153. The van der Waals surface area contributed by atoms with E-state index in [1.807, 2.05) is 44.2 Å². The zero-order valence-electron chi connectivity index (χ0n) is 18.6. The average Bonchev–Trinajstić information content (AvgIpc) is 2.78. The molecule has 0 radical (unpaired) electrons. The summed E-state index contributed by atoms with van der Waals surface area (Å²) in [5.41, 5.74) is 1.19. The Hall–Kier alpha value is -2.67. The highest BCUT2D eigenvalue weighted by Gasteiger charge is 2.17. The Kier molecular flexibility index (Phi) is 7.49. The summed E-state index contributed by atoms with van der Waals surface area (Å²) in [6.07, 6.45) is 3.35. The Morgan fingerprint density at radius 2 is 1.97 bits per heavy atom. The predicted octanol–water partition coefficient (Wildman–Crippen LogP) is 5.74. The van der Waals surface area contributed by atoms with Gasteiger partial charge in [-0.3, -0.25) is 4.79 Å². The van der Waals surface area contributed by atoms with Crippen molar-refractivity contribution >= 4 is 33.0 Å². The highest BCUT2D eigenvalue weighted by atomic mass is 79.9. The summed E-state index contributed by atoms with van der Waals surface area (Å²) >= 11 is 3.44. The number of para-hydroxylation sites is 1. The van der Waals surface area contributed by atoms with E-state index in [9.17, 15) is 4.79 Å². The van der Waals surface area contributed by atoms with Crippen LogP contribution in [-0.2, 0) is 0 Å². The van der Waals surface area contributed by atoms with E-state index in [-0.39, 0.29) is 17.6 Å². The molecule has 0 N–H and O–H groups in total. The van der Waals surface area contributed by atoms with Gasteiger partial charge in [0.2, 0.25) is 0 Å². The van der Waals surface area contributed by atoms with Gasteiger partial charge in [-0.25, -0.2) is 4.98 Å². The van der Waals surface area contributed by atoms with Gasteiger partial charge in [-0.15, -0.1) is 0 Å². The lowest BCUT2D eigenvalue weighted by molar-refractivity contribution is 0.207. The van der Waals surface area contributed by atoms with Crippen LogP contribution in [-0.4, -0.2) is 29.1 Å². The zero-order chi connectivity index (χ0) is 22.5. The standard InChI is InChI=1S/C24H28BrN3O3/c1-6-15(3)23-27-20-12-11-18(25)13-19(20)24(29)28(23)26-14-17-9-8-10-21(30-5)22(17)31-16(4)7-2/h8-16H,6-7H2,1-5H3/t15-,16+/m0/s1. The number of hydrogen-bond donors (Lipinski definition) is 0. The second-order valence-corrected chi connectivity index (χ2v) is 8.43. The summed E-state index contributed by atoms with van der Waals surface area (Å²) in [6.45, 7) is 8.17. The highest BCUT2D eigenvalue weighted by Crippen LogP contribution is 2.31. The first-order valence-corrected chi connectivity index (χ1v) is 11.3. The molecule has 0 fully saturated rings. The molecule has 3 rings (SSSR count). The van der Waals surface area contributed by atoms with Crippen molar-refractivity contribution in [2.45, 2.75) is 52.6 Å². The molecule has 0 saturated heterocycles. The maximum atomic E-state index is 13.3. The molecule has 31 heavy (non-hydrogen) atoms. The SMILES string of the molecule is CC[C@@H](C)Oc1c(C=Nn2c([C@@H](C)CC)nc3ccc(Br)cc3c2=O)cccc1OC. The molecule has 3 aromatic rings. The minimum atomic E-state index is -0.204. The summed E-state index contributed by atoms with van der Waals surface area (Å²) in [7, 11) is 1.61. The normalized spacial score (nSPS) is 13.5. The Bertz CT molecular complexity index is 1160. The van der Waals surface area contributed by atoms with Crippen molar-refractivity contribution in [2.24, 2.45) is 5.10 Å². The van der Waals surface area contributed by atoms with Gasteiger partial charge < -0.3 is 9.47 Å². The van der Waals surface area contributed by atoms with Crippen LogP contribution in [0.2, 0.25) is 0 Å². The maximum Gasteiger partial charge on any atom is 0.282 e. The second kappa shape index (κ2) is 10.1. The number of fused-ring (bicyclic) bond motifs is 1. The third-order valence-electron chi connectivity index (χ3n) is 5.32. The fraction of sp³-hybridized carbons (Fsp3) is 0.375. The fourth-order valence-corrected chi connectivity index (χ4v) is 3.47. The number of nitrogens with zero attached hydrogens (tertiary/aromatic N) is 3. The molecule has 164 valence electrons. The molecule has 0 unspecified atom stereocenters. The van der Waals surface area contributed by atoms with Crippen LogP contribution >= 0.6 is 15.9 Å². The fourth-order valence-electron chi connectivity index (χ4n) is 3.10. The predicted molar refractivity (Wildman–Crippen MR) is 129 cm³/mol. The van der Waals surface area contributed by atoms with Gasteiger partial charge in [0.1, 0.15) is 5.82 Å². The van der Waals surface area contributed by atoms with Crippen molar-refractivity contribution in [3.8, 4) is 11.5 Å². The lowest BCUT2D eigenvalue weighted by Gasteiger charge is -2.18. The lowest BCUT2D eigenvalue weighted by atomic mass is 10.1. The van der Waals surface area contributed by atoms with Gasteiger partial charge in [-0.1, -0.05) is 42.8 Å². The molecule has 0 saturated carbocycles. The molecule has 0 aliphatic rings. The van der Waals surface area contributed by atoms with Crippen molar-refractivity contribution in [1.82, 2.24) is 9.66 Å². The Labute approximate surface area is 191 Å². The lowest BCUT2D eigenvalue weighted by Crippen LogP contribution is -2.23. The Morgan fingerprint density at radius 1 is 1.19 bits per heavy atom. The van der Waals surface area contributed by atoms with Crippen molar-refractivity contribution < 1.29 is 9.47 Å². The molecule has 0 aliphatic carbocycles. The van der Waals surface area contributed by atoms with E-state index in [0.717, 1.165) is 22.9 Å². The topological polar surface area (TPSA) is 65.7 Å². The van der Waals surface area contributed by atoms with E-state index in [1.165, 1.54) is 4.68 Å². The monoisotopic (exact) mass is 485 g/mol. The number of hydrogen-bond acceptors (Lipinski definition) is 5. The first-order valence-electron chi connectivity index (χ1n) is 10.5. The third kappa shape index (κ3) is 4.98. The van der Waals surface area contributed by atoms with E-state index in [4.69, 9.17) is 14.5 Å². The maximum absolute atomic E-state index is 13.3. The van der Waals surface area contributed by atoms with Crippen molar-refractivity contribution in [2.75, 3.05) is 7.11 Å². The number of methoxy groups -OCH3 is 1. The quantitative estimate of drug-likeness (QED) is 0.381. The number of aromatic nitrogens is 2. The highest BCUT2D eigenvalue weighted by molar-refractivity contribution is 9.10. The molecule has 1 aromatic heterocycles. The zero-order valence-corrected chi connectivity index (χ0v) is 20.1. The van der Waals surface area contributed by atoms with Crippen LogP contribution in [0.4, 0.5) is 0 Å². The van der Waals surface area contributed by atoms with Gasteiger partial charge in [0, 0.05) is 16.0 Å². The molecular formula is C24H28BrN3O3. The van der Waals surface area contributed by atoms with Crippen LogP contribution < -0.4 is 15.0 Å². The van der Waals surface area contributed by atoms with Crippen LogP contribution in [0.25, 0.3) is 10.9 Å². The number of ether oxygens (including phenoxy) is 2. The van der Waals surface area contributed by atoms with Crippen LogP contribution in [0, 0.1) is 0 Å². The van der Waals surface area contributed by atoms with Gasteiger partial charge in [-0.05, 0) is 50.1 Å². The molecule has 6 nitrogen and oxygen atoms in total. The van der Waals surface area contributed by atoms with Crippen LogP contribution in [0.15, 0.2) is 50.8 Å². The largest absolute Gasteiger partial charge is 0.493 e. The summed E-state index contributed by atoms with van der Waals surface area (Å²) < 4.78 is 13.8. The van der Waals surface area contributed by atoms with E-state index < -0.39 is 0 Å². The molecular weight excluding hydrogens is 458 g/mol. The average molecular weight is 486 g/mol. The molecule has 0 aliphatic heterocycles. The van der Waals surface area contributed by atoms with Gasteiger partial charge in [0.25, 0.3) is 5.56 Å². The smallest absolute Gasteiger partial charge is 0.282 e. The molecule has 1 heterocycles. The summed E-state index contributed by atoms with van der Waals surface area (Å²) in [6, 6.07) is 11.1. The molecule has 2 aromatic carbocycles. The Morgan fingerprint density at radius 3 is 2.65 bits per heavy atom. The molecule has 0 amide bonds. The first kappa shape index (κ1) is 23.0. The van der Waals surface area contributed by atoms with E-state index >= 15 is 0 Å². The molecule has 0 spiro atoms. The van der Waals surface area contributed by atoms with Crippen molar-refractivity contribution in [3.05, 3.63) is 62.6 Å². The van der Waals surface area contributed by atoms with Crippen molar-refractivity contribution in [1.29, 1.82) is 0 Å². The summed E-state index contributed by atoms with van der Waals surface area (Å²) in [4.78, 5) is 18.1. The molecule has 0 bridgehead atoms. The summed E-state index contributed by atoms with van der Waals surface area (Å²) in [5, 5.41) is 5.07. The second-order valence-electron chi connectivity index (χ2n) is 7.52. The first-order chi connectivity index (χ1) is 14.9. The van der Waals surface area contributed by atoms with Gasteiger partial charge in [-0.2, -0.15) is 9.78 Å². The van der Waals surface area contributed by atoms with Crippen LogP contribution in [0.1, 0.15) is 57.8 Å². The third-order valence-corrected chi connectivity index (χ3v) is 5.82. The number of rotatable bonds is 8. The van der Waals surface area contributed by atoms with Crippen LogP contribution in [0.5, 0.6) is 11.5 Å². The number of halogens is 1. The molecule has 7 heteroatoms. The number of benzene rings is 2. The summed E-state index contributed by atoms with van der Waals surface area (Å²) in [5.74, 6) is 1.93. The van der Waals surface area contributed by atoms with E-state index in [0.29, 0.717) is 28.2 Å². The minimum Gasteiger partial charge on any atom is -0.493 e. The molecule has 2 atom stereocenters. The van der Waals surface area contributed by atoms with Gasteiger partial charge in [0.15, 0.2) is 11.5 Å². The van der Waals surface area contributed by atoms with Gasteiger partial charge in [0.05, 0.1) is 30.3 Å². The van der Waals surface area contributed by atoms with Gasteiger partial charge >= 0.3 is 0 Å². The van der Waals surface area contributed by atoms with E-state index in [1.54, 1.807) is 19.4 Å². The van der Waals surface area contributed by atoms with Crippen molar-refractivity contribution in [3.63, 3.8) is 0 Å².